The molecule has 1 aliphatic carbocycles. The van der Waals surface area contributed by atoms with Crippen molar-refractivity contribution in [3.63, 3.8) is 0 Å². The number of aromatic nitrogens is 3. The van der Waals surface area contributed by atoms with E-state index < -0.39 is 0 Å². The van der Waals surface area contributed by atoms with Gasteiger partial charge in [0, 0.05) is 17.3 Å². The van der Waals surface area contributed by atoms with Gasteiger partial charge in [0.15, 0.2) is 16.8 Å². The van der Waals surface area contributed by atoms with Crippen LogP contribution in [0.4, 0.5) is 0 Å². The summed E-state index contributed by atoms with van der Waals surface area (Å²) in [5.41, 5.74) is 8.32. The van der Waals surface area contributed by atoms with E-state index in [-0.39, 0.29) is 28.2 Å². The Bertz CT molecular complexity index is 982. The summed E-state index contributed by atoms with van der Waals surface area (Å²) >= 11 is 1.32. The molecule has 2 aromatic rings. The summed E-state index contributed by atoms with van der Waals surface area (Å²) in [5.74, 6) is 0.675. The van der Waals surface area contributed by atoms with Gasteiger partial charge in [0.05, 0.1) is 5.75 Å². The fourth-order valence-electron chi connectivity index (χ4n) is 3.76. The minimum Gasteiger partial charge on any atom is -0.401 e. The molecular formula is C23H29N5OS. The average molecular weight is 424 g/mol. The highest BCUT2D eigenvalue weighted by Gasteiger charge is 2.26. The Hall–Kier alpha value is -2.59. The van der Waals surface area contributed by atoms with Gasteiger partial charge in [-0.15, -0.1) is 10.2 Å². The number of hydrogen-bond donors (Lipinski definition) is 1. The average Bonchev–Trinajstić information content (AvgIpc) is 3.35. The molecule has 1 fully saturated rings. The minimum atomic E-state index is -0.278. The number of nitrogens with zero attached hydrogens (tertiary/aromatic N) is 4. The van der Waals surface area contributed by atoms with Crippen molar-refractivity contribution < 1.29 is 4.79 Å². The lowest BCUT2D eigenvalue weighted by molar-refractivity contribution is -0.112. The summed E-state index contributed by atoms with van der Waals surface area (Å²) in [6.45, 7) is 8.16. The number of rotatable bonds is 6. The maximum Gasteiger partial charge on any atom is 0.192 e. The molecule has 6 nitrogen and oxygen atoms in total. The van der Waals surface area contributed by atoms with Crippen molar-refractivity contribution in [3.05, 3.63) is 41.1 Å². The number of nitriles is 1. The number of thioether (sulfide) groups is 1. The van der Waals surface area contributed by atoms with E-state index in [1.807, 2.05) is 6.07 Å². The minimum absolute atomic E-state index is 0.0208. The zero-order valence-corrected chi connectivity index (χ0v) is 18.9. The van der Waals surface area contributed by atoms with Crippen LogP contribution in [0.15, 0.2) is 40.7 Å². The highest BCUT2D eigenvalue weighted by atomic mass is 32.2. The monoisotopic (exact) mass is 423 g/mol. The lowest BCUT2D eigenvalue weighted by Gasteiger charge is -2.20. The van der Waals surface area contributed by atoms with Crippen molar-refractivity contribution >= 4 is 17.5 Å². The highest BCUT2D eigenvalue weighted by molar-refractivity contribution is 7.99. The van der Waals surface area contributed by atoms with Gasteiger partial charge in [-0.3, -0.25) is 9.36 Å². The van der Waals surface area contributed by atoms with Gasteiger partial charge in [-0.05, 0) is 30.7 Å². The van der Waals surface area contributed by atoms with E-state index >= 15 is 0 Å². The third-order valence-corrected chi connectivity index (χ3v) is 6.42. The number of carbonyl (C=O) groups is 1. The van der Waals surface area contributed by atoms with Crippen LogP contribution in [0.3, 0.4) is 0 Å². The SMILES string of the molecule is C/C(N)=C(/C#N)C(=O)CSc1nnc(-c2ccc(C(C)(C)C)cc2)n1C1CCCC1. The molecule has 158 valence electrons. The second-order valence-corrected chi connectivity index (χ2v) is 9.77. The normalized spacial score (nSPS) is 15.7. The summed E-state index contributed by atoms with van der Waals surface area (Å²) in [6, 6.07) is 10.7. The first-order valence-corrected chi connectivity index (χ1v) is 11.3. The van der Waals surface area contributed by atoms with E-state index in [0.717, 1.165) is 29.4 Å². The molecular weight excluding hydrogens is 394 g/mol. The van der Waals surface area contributed by atoms with Gasteiger partial charge in [-0.1, -0.05) is 69.6 Å². The lowest BCUT2D eigenvalue weighted by Crippen LogP contribution is -2.13. The van der Waals surface area contributed by atoms with E-state index in [4.69, 9.17) is 5.73 Å². The molecule has 2 N–H and O–H groups in total. The number of Topliss-reactive ketones (excluding diaryl/α,β-unsaturated/α-hetero) is 1. The summed E-state index contributed by atoms with van der Waals surface area (Å²) in [7, 11) is 0. The number of benzene rings is 1. The second-order valence-electron chi connectivity index (χ2n) is 8.82. The molecule has 7 heteroatoms. The van der Waals surface area contributed by atoms with Crippen molar-refractivity contribution in [1.29, 1.82) is 5.26 Å². The number of allylic oxidation sites excluding steroid dienone is 2. The highest BCUT2D eigenvalue weighted by Crippen LogP contribution is 2.37. The summed E-state index contributed by atoms with van der Waals surface area (Å²) in [4.78, 5) is 12.4. The zero-order valence-electron chi connectivity index (χ0n) is 18.1. The zero-order chi connectivity index (χ0) is 21.9. The predicted octanol–water partition coefficient (Wildman–Crippen LogP) is 4.78. The molecule has 0 radical (unpaired) electrons. The van der Waals surface area contributed by atoms with Crippen LogP contribution in [0.2, 0.25) is 0 Å². The van der Waals surface area contributed by atoms with Crippen molar-refractivity contribution in [2.24, 2.45) is 5.73 Å². The summed E-state index contributed by atoms with van der Waals surface area (Å²) < 4.78 is 2.18. The van der Waals surface area contributed by atoms with Crippen LogP contribution in [0, 0.1) is 11.3 Å². The van der Waals surface area contributed by atoms with E-state index in [1.54, 1.807) is 6.92 Å². The number of carbonyl (C=O) groups excluding carboxylic acids is 1. The van der Waals surface area contributed by atoms with Crippen molar-refractivity contribution in [3.8, 4) is 17.5 Å². The van der Waals surface area contributed by atoms with E-state index in [9.17, 15) is 10.1 Å². The molecule has 0 atom stereocenters. The Kier molecular flexibility index (Phi) is 6.67. The van der Waals surface area contributed by atoms with Crippen molar-refractivity contribution in [2.45, 2.75) is 70.0 Å². The maximum absolute atomic E-state index is 12.4. The Labute approximate surface area is 182 Å². The molecule has 0 bridgehead atoms. The molecule has 1 heterocycles. The third kappa shape index (κ3) is 4.76. The first-order chi connectivity index (χ1) is 14.2. The van der Waals surface area contributed by atoms with E-state index in [0.29, 0.717) is 6.04 Å². The van der Waals surface area contributed by atoms with Gasteiger partial charge in [-0.25, -0.2) is 0 Å². The summed E-state index contributed by atoms with van der Waals surface area (Å²) in [6.07, 6.45) is 4.53. The molecule has 1 aliphatic rings. The van der Waals surface area contributed by atoms with Gasteiger partial charge in [0.1, 0.15) is 11.6 Å². The van der Waals surface area contributed by atoms with Gasteiger partial charge >= 0.3 is 0 Å². The smallest absolute Gasteiger partial charge is 0.192 e. The maximum atomic E-state index is 12.4. The molecule has 1 aromatic heterocycles. The van der Waals surface area contributed by atoms with Gasteiger partial charge in [0.25, 0.3) is 0 Å². The largest absolute Gasteiger partial charge is 0.401 e. The first-order valence-electron chi connectivity index (χ1n) is 10.3. The predicted molar refractivity (Wildman–Crippen MR) is 120 cm³/mol. The Balaban J connectivity index is 1.91. The number of hydrogen-bond acceptors (Lipinski definition) is 6. The topological polar surface area (TPSA) is 97.6 Å². The molecule has 0 spiro atoms. The van der Waals surface area contributed by atoms with Crippen LogP contribution in [0.25, 0.3) is 11.4 Å². The van der Waals surface area contributed by atoms with Crippen LogP contribution >= 0.6 is 11.8 Å². The van der Waals surface area contributed by atoms with Gasteiger partial charge in [-0.2, -0.15) is 5.26 Å². The van der Waals surface area contributed by atoms with Crippen LogP contribution in [0.1, 0.15) is 65.0 Å². The molecule has 0 aliphatic heterocycles. The number of ketones is 1. The van der Waals surface area contributed by atoms with Crippen LogP contribution in [-0.2, 0) is 10.2 Å². The Morgan fingerprint density at radius 2 is 1.87 bits per heavy atom. The van der Waals surface area contributed by atoms with Crippen LogP contribution in [0.5, 0.6) is 0 Å². The Morgan fingerprint density at radius 1 is 1.23 bits per heavy atom. The fraction of sp³-hybridized carbons (Fsp3) is 0.478. The summed E-state index contributed by atoms with van der Waals surface area (Å²) in [5, 5.41) is 18.8. The molecule has 0 saturated heterocycles. The van der Waals surface area contributed by atoms with Crippen LogP contribution < -0.4 is 5.73 Å². The van der Waals surface area contributed by atoms with Gasteiger partial charge < -0.3 is 5.73 Å². The second kappa shape index (κ2) is 9.05. The quantitative estimate of drug-likeness (QED) is 0.408. The number of nitrogens with two attached hydrogens (primary N) is 1. The fourth-order valence-corrected chi connectivity index (χ4v) is 4.63. The van der Waals surface area contributed by atoms with Crippen LogP contribution in [-0.4, -0.2) is 26.3 Å². The van der Waals surface area contributed by atoms with E-state index in [1.165, 1.54) is 30.2 Å². The first kappa shape index (κ1) is 22.1. The van der Waals surface area contributed by atoms with Gasteiger partial charge in [0.2, 0.25) is 0 Å². The third-order valence-electron chi connectivity index (χ3n) is 5.48. The molecule has 0 unspecified atom stereocenters. The molecule has 1 aromatic carbocycles. The molecule has 3 rings (SSSR count). The standard InChI is InChI=1S/C23H29N5OS/c1-15(25)19(13-24)20(29)14-30-22-27-26-21(28(22)18-7-5-6-8-18)16-9-11-17(12-10-16)23(2,3)4/h9-12,18H,5-8,14,25H2,1-4H3/b19-15+. The molecule has 0 amide bonds. The lowest BCUT2D eigenvalue weighted by atomic mass is 9.86. The van der Waals surface area contributed by atoms with Crippen molar-refractivity contribution in [2.75, 3.05) is 5.75 Å². The van der Waals surface area contributed by atoms with Crippen molar-refractivity contribution in [1.82, 2.24) is 14.8 Å². The molecule has 1 saturated carbocycles. The molecule has 30 heavy (non-hydrogen) atoms. The Morgan fingerprint density at radius 3 is 2.40 bits per heavy atom. The van der Waals surface area contributed by atoms with E-state index in [2.05, 4.69) is 59.8 Å².